The van der Waals surface area contributed by atoms with E-state index in [0.717, 1.165) is 10.6 Å². The highest BCUT2D eigenvalue weighted by Gasteiger charge is 2.52. The Morgan fingerprint density at radius 2 is 2.31 bits per heavy atom. The Morgan fingerprint density at radius 3 is 3.00 bits per heavy atom. The van der Waals surface area contributed by atoms with Crippen molar-refractivity contribution in [3.05, 3.63) is 45.9 Å². The lowest BCUT2D eigenvalue weighted by Gasteiger charge is -2.40. The van der Waals surface area contributed by atoms with Crippen molar-refractivity contribution in [1.82, 2.24) is 9.88 Å². The molecule has 1 aromatic carbocycles. The van der Waals surface area contributed by atoms with Crippen LogP contribution in [0.1, 0.15) is 41.2 Å². The maximum atomic E-state index is 13.7. The molecule has 156 valence electrons. The average Bonchev–Trinajstić information content (AvgIpc) is 3.35. The number of benzene rings is 1. The SMILES string of the molecule is Cc1cc(C(=O)N2CC[C@@]3(c4nccs4)OCO[C@H]3C2)ccc1OCC(C)(C)F. The van der Waals surface area contributed by atoms with Gasteiger partial charge < -0.3 is 19.1 Å². The number of rotatable bonds is 5. The number of aromatic nitrogens is 1. The Morgan fingerprint density at radius 1 is 1.48 bits per heavy atom. The van der Waals surface area contributed by atoms with Crippen molar-refractivity contribution in [1.29, 1.82) is 0 Å². The molecule has 1 aromatic heterocycles. The van der Waals surface area contributed by atoms with Crippen LogP contribution < -0.4 is 4.74 Å². The molecular formula is C21H25FN2O4S. The maximum absolute atomic E-state index is 13.7. The van der Waals surface area contributed by atoms with E-state index < -0.39 is 11.3 Å². The van der Waals surface area contributed by atoms with Crippen LogP contribution in [0.2, 0.25) is 0 Å². The standard InChI is InChI=1S/C21H25FN2O4S/c1-14-10-15(4-5-16(14)26-12-20(2,3)22)18(25)24-8-6-21(19-23-7-9-29-19)17(11-24)27-13-28-21/h4-5,7,9-10,17H,6,8,11-13H2,1-3H3/t17-,21+/m0/s1. The molecule has 2 saturated heterocycles. The number of fused-ring (bicyclic) bond motifs is 1. The summed E-state index contributed by atoms with van der Waals surface area (Å²) in [5.74, 6) is 0.523. The van der Waals surface area contributed by atoms with Crippen LogP contribution in [0.5, 0.6) is 5.75 Å². The van der Waals surface area contributed by atoms with Crippen LogP contribution in [0.3, 0.4) is 0 Å². The minimum atomic E-state index is -1.41. The molecule has 2 aliphatic heterocycles. The molecular weight excluding hydrogens is 395 g/mol. The fourth-order valence-electron chi connectivity index (χ4n) is 3.77. The number of thiazole rings is 1. The molecule has 29 heavy (non-hydrogen) atoms. The van der Waals surface area contributed by atoms with E-state index in [9.17, 15) is 9.18 Å². The minimum absolute atomic E-state index is 0.0366. The summed E-state index contributed by atoms with van der Waals surface area (Å²) >= 11 is 1.55. The van der Waals surface area contributed by atoms with E-state index in [1.165, 1.54) is 13.8 Å². The second kappa shape index (κ2) is 7.66. The van der Waals surface area contributed by atoms with Gasteiger partial charge in [0.2, 0.25) is 0 Å². The molecule has 8 heteroatoms. The molecule has 0 radical (unpaired) electrons. The second-order valence-electron chi connectivity index (χ2n) is 8.13. The number of aryl methyl sites for hydroxylation is 1. The normalized spacial score (nSPS) is 24.4. The zero-order valence-corrected chi connectivity index (χ0v) is 17.6. The molecule has 1 amide bonds. The molecule has 3 heterocycles. The van der Waals surface area contributed by atoms with E-state index in [4.69, 9.17) is 14.2 Å². The number of hydrogen-bond donors (Lipinski definition) is 0. The quantitative estimate of drug-likeness (QED) is 0.738. The molecule has 0 unspecified atom stereocenters. The van der Waals surface area contributed by atoms with Gasteiger partial charge in [0, 0.05) is 30.1 Å². The third kappa shape index (κ3) is 4.01. The lowest BCUT2D eigenvalue weighted by Crippen LogP contribution is -2.53. The molecule has 0 aliphatic carbocycles. The number of ether oxygens (including phenoxy) is 3. The van der Waals surface area contributed by atoms with Gasteiger partial charge in [-0.2, -0.15) is 0 Å². The highest BCUT2D eigenvalue weighted by atomic mass is 32.1. The van der Waals surface area contributed by atoms with Gasteiger partial charge in [0.15, 0.2) is 5.60 Å². The zero-order chi connectivity index (χ0) is 20.6. The number of nitrogens with zero attached hydrogens (tertiary/aromatic N) is 2. The first kappa shape index (κ1) is 20.3. The number of likely N-dealkylation sites (tertiary alicyclic amines) is 1. The minimum Gasteiger partial charge on any atom is -0.490 e. The number of amides is 1. The van der Waals surface area contributed by atoms with E-state index in [-0.39, 0.29) is 25.4 Å². The predicted molar refractivity (Wildman–Crippen MR) is 107 cm³/mol. The van der Waals surface area contributed by atoms with Crippen molar-refractivity contribution in [3.8, 4) is 5.75 Å². The van der Waals surface area contributed by atoms with E-state index >= 15 is 0 Å². The molecule has 2 aliphatic rings. The molecule has 0 saturated carbocycles. The first-order valence-corrected chi connectivity index (χ1v) is 10.5. The summed E-state index contributed by atoms with van der Waals surface area (Å²) in [6.07, 6.45) is 2.17. The van der Waals surface area contributed by atoms with Gasteiger partial charge in [-0.1, -0.05) is 0 Å². The van der Waals surface area contributed by atoms with Crippen molar-refractivity contribution in [2.24, 2.45) is 0 Å². The topological polar surface area (TPSA) is 60.9 Å². The lowest BCUT2D eigenvalue weighted by atomic mass is 9.88. The monoisotopic (exact) mass is 420 g/mol. The zero-order valence-electron chi connectivity index (χ0n) is 16.8. The number of carbonyl (C=O) groups excluding carboxylic acids is 1. The van der Waals surface area contributed by atoms with Crippen LogP contribution in [0.25, 0.3) is 0 Å². The van der Waals surface area contributed by atoms with Gasteiger partial charge in [-0.3, -0.25) is 4.79 Å². The van der Waals surface area contributed by atoms with E-state index in [0.29, 0.717) is 30.8 Å². The summed E-state index contributed by atoms with van der Waals surface area (Å²) < 4.78 is 31.0. The summed E-state index contributed by atoms with van der Waals surface area (Å²) in [6, 6.07) is 5.25. The van der Waals surface area contributed by atoms with Crippen LogP contribution in [0.4, 0.5) is 4.39 Å². The van der Waals surface area contributed by atoms with Crippen molar-refractivity contribution in [3.63, 3.8) is 0 Å². The molecule has 2 aromatic rings. The Bertz CT molecular complexity index is 883. The number of alkyl halides is 1. The third-order valence-corrected chi connectivity index (χ3v) is 6.25. The molecule has 0 spiro atoms. The molecule has 0 bridgehead atoms. The van der Waals surface area contributed by atoms with Crippen LogP contribution >= 0.6 is 11.3 Å². The molecule has 2 fully saturated rings. The van der Waals surface area contributed by atoms with Crippen molar-refractivity contribution < 1.29 is 23.4 Å². The Hall–Kier alpha value is -2.03. The Balaban J connectivity index is 1.46. The van der Waals surface area contributed by atoms with Crippen LogP contribution in [0, 0.1) is 6.92 Å². The molecule has 2 atom stereocenters. The third-order valence-electron chi connectivity index (χ3n) is 5.32. The van der Waals surface area contributed by atoms with Crippen LogP contribution in [0.15, 0.2) is 29.8 Å². The fraction of sp³-hybridized carbons (Fsp3) is 0.524. The van der Waals surface area contributed by atoms with Gasteiger partial charge in [-0.15, -0.1) is 11.3 Å². The predicted octanol–water partition coefficient (Wildman–Crippen LogP) is 3.69. The molecule has 0 N–H and O–H groups in total. The highest BCUT2D eigenvalue weighted by Crippen LogP contribution is 2.43. The summed E-state index contributed by atoms with van der Waals surface area (Å²) in [7, 11) is 0. The van der Waals surface area contributed by atoms with E-state index in [1.807, 2.05) is 12.3 Å². The smallest absolute Gasteiger partial charge is 0.253 e. The number of hydrogen-bond acceptors (Lipinski definition) is 6. The summed E-state index contributed by atoms with van der Waals surface area (Å²) in [4.78, 5) is 19.3. The van der Waals surface area contributed by atoms with Gasteiger partial charge in [0.05, 0.1) is 6.54 Å². The Labute approximate surface area is 173 Å². The fourth-order valence-corrected chi connectivity index (χ4v) is 4.64. The summed E-state index contributed by atoms with van der Waals surface area (Å²) in [5, 5.41) is 2.83. The first-order valence-electron chi connectivity index (χ1n) is 9.66. The number of piperidine rings is 1. The number of halogens is 1. The summed E-state index contributed by atoms with van der Waals surface area (Å²) in [5.41, 5.74) is -0.593. The van der Waals surface area contributed by atoms with Crippen LogP contribution in [-0.4, -0.2) is 54.1 Å². The van der Waals surface area contributed by atoms with E-state index in [1.54, 1.807) is 40.6 Å². The van der Waals surface area contributed by atoms with Gasteiger partial charge in [0.1, 0.15) is 35.9 Å². The second-order valence-corrected chi connectivity index (χ2v) is 9.03. The van der Waals surface area contributed by atoms with Crippen molar-refractivity contribution in [2.75, 3.05) is 26.5 Å². The van der Waals surface area contributed by atoms with E-state index in [2.05, 4.69) is 4.98 Å². The van der Waals surface area contributed by atoms with Crippen LogP contribution in [-0.2, 0) is 15.1 Å². The largest absolute Gasteiger partial charge is 0.490 e. The summed E-state index contributed by atoms with van der Waals surface area (Å²) in [6.45, 7) is 5.98. The van der Waals surface area contributed by atoms with Gasteiger partial charge >= 0.3 is 0 Å². The highest BCUT2D eigenvalue weighted by molar-refractivity contribution is 7.09. The lowest BCUT2D eigenvalue weighted by molar-refractivity contribution is -0.0440. The number of carbonyl (C=O) groups is 1. The average molecular weight is 421 g/mol. The van der Waals surface area contributed by atoms with Gasteiger partial charge in [-0.25, -0.2) is 9.37 Å². The Kier molecular flexibility index (Phi) is 5.35. The van der Waals surface area contributed by atoms with Crippen molar-refractivity contribution >= 4 is 17.2 Å². The molecule has 6 nitrogen and oxygen atoms in total. The van der Waals surface area contributed by atoms with Gasteiger partial charge in [-0.05, 0) is 44.5 Å². The van der Waals surface area contributed by atoms with Crippen molar-refractivity contribution in [2.45, 2.75) is 44.6 Å². The molecule has 4 rings (SSSR count). The first-order chi connectivity index (χ1) is 13.8. The maximum Gasteiger partial charge on any atom is 0.253 e. The van der Waals surface area contributed by atoms with Gasteiger partial charge in [0.25, 0.3) is 5.91 Å².